The highest BCUT2D eigenvalue weighted by atomic mass is 32.1. The summed E-state index contributed by atoms with van der Waals surface area (Å²) in [5, 5.41) is 10.3. The summed E-state index contributed by atoms with van der Waals surface area (Å²) in [4.78, 5) is 22.1. The Morgan fingerprint density at radius 2 is 2.08 bits per heavy atom. The molecule has 1 fully saturated rings. The minimum atomic E-state index is 0.00254. The molecule has 24 heavy (non-hydrogen) atoms. The lowest BCUT2D eigenvalue weighted by Crippen LogP contribution is -2.35. The van der Waals surface area contributed by atoms with E-state index >= 15 is 0 Å². The average Bonchev–Trinajstić information content (AvgIpc) is 3.09. The van der Waals surface area contributed by atoms with Crippen LogP contribution < -0.4 is 4.90 Å². The Morgan fingerprint density at radius 1 is 1.17 bits per heavy atom. The molecule has 1 aliphatic rings. The summed E-state index contributed by atoms with van der Waals surface area (Å²) in [6.07, 6.45) is 4.63. The summed E-state index contributed by atoms with van der Waals surface area (Å²) in [5.41, 5.74) is 1.43. The van der Waals surface area contributed by atoms with E-state index in [9.17, 15) is 4.79 Å². The summed E-state index contributed by atoms with van der Waals surface area (Å²) in [6, 6.07) is 3.96. The van der Waals surface area contributed by atoms with E-state index in [0.717, 1.165) is 42.5 Å². The van der Waals surface area contributed by atoms with Crippen LogP contribution >= 0.6 is 11.3 Å². The van der Waals surface area contributed by atoms with Crippen LogP contribution in [-0.4, -0.2) is 56.6 Å². The van der Waals surface area contributed by atoms with Crippen molar-refractivity contribution in [3.63, 3.8) is 0 Å². The molecule has 3 aromatic heterocycles. The van der Waals surface area contributed by atoms with Gasteiger partial charge in [0.1, 0.15) is 5.69 Å². The molecule has 0 aromatic carbocycles. The Morgan fingerprint density at radius 3 is 2.88 bits per heavy atom. The third-order valence-electron chi connectivity index (χ3n) is 4.20. The number of hydrogen-bond donors (Lipinski definition) is 0. The van der Waals surface area contributed by atoms with Gasteiger partial charge in [0, 0.05) is 44.0 Å². The number of carbonyl (C=O) groups is 1. The number of aromatic nitrogens is 4. The molecule has 4 rings (SSSR count). The molecule has 3 aromatic rings. The second kappa shape index (κ2) is 6.20. The van der Waals surface area contributed by atoms with E-state index < -0.39 is 0 Å². The summed E-state index contributed by atoms with van der Waals surface area (Å²) in [6.45, 7) is 4.96. The molecule has 124 valence electrons. The lowest BCUT2D eigenvalue weighted by molar-refractivity contribution is 0.0762. The molecular formula is C16H18N6OS. The summed E-state index contributed by atoms with van der Waals surface area (Å²) >= 11 is 1.53. The zero-order valence-electron chi connectivity index (χ0n) is 13.4. The fourth-order valence-corrected chi connectivity index (χ4v) is 3.60. The van der Waals surface area contributed by atoms with Gasteiger partial charge in [0.05, 0.1) is 5.69 Å². The Hall–Kier alpha value is -2.48. The van der Waals surface area contributed by atoms with E-state index in [2.05, 4.69) is 20.1 Å². The highest BCUT2D eigenvalue weighted by Crippen LogP contribution is 2.16. The van der Waals surface area contributed by atoms with Crippen molar-refractivity contribution in [3.8, 4) is 0 Å². The minimum Gasteiger partial charge on any atom is -0.353 e. The third-order valence-corrected chi connectivity index (χ3v) is 4.97. The molecule has 0 spiro atoms. The van der Waals surface area contributed by atoms with Crippen LogP contribution in [0.1, 0.15) is 22.6 Å². The Labute approximate surface area is 143 Å². The first kappa shape index (κ1) is 15.1. The number of carbonyl (C=O) groups excluding carboxylic acids is 1. The number of hydrogen-bond acceptors (Lipinski definition) is 6. The van der Waals surface area contributed by atoms with E-state index in [0.29, 0.717) is 12.2 Å². The third kappa shape index (κ3) is 2.84. The molecule has 1 amide bonds. The molecule has 0 unspecified atom stereocenters. The lowest BCUT2D eigenvalue weighted by atomic mass is 10.3. The smallest absolute Gasteiger partial charge is 0.274 e. The van der Waals surface area contributed by atoms with E-state index in [1.54, 1.807) is 0 Å². The van der Waals surface area contributed by atoms with Crippen LogP contribution in [0.2, 0.25) is 0 Å². The fraction of sp³-hybridized carbons (Fsp3) is 0.375. The first-order valence-corrected chi connectivity index (χ1v) is 8.85. The van der Waals surface area contributed by atoms with Gasteiger partial charge in [-0.1, -0.05) is 0 Å². The predicted octanol–water partition coefficient (Wildman–Crippen LogP) is 1.85. The quantitative estimate of drug-likeness (QED) is 0.711. The maximum atomic E-state index is 12.7. The predicted molar refractivity (Wildman–Crippen MR) is 92.6 cm³/mol. The van der Waals surface area contributed by atoms with Gasteiger partial charge < -0.3 is 9.80 Å². The topological polar surface area (TPSA) is 66.6 Å². The number of amides is 1. The summed E-state index contributed by atoms with van der Waals surface area (Å²) in [7, 11) is 0. The molecule has 4 heterocycles. The van der Waals surface area contributed by atoms with Crippen molar-refractivity contribution in [2.45, 2.75) is 13.3 Å². The number of aryl methyl sites for hydroxylation is 1. The van der Waals surface area contributed by atoms with Crippen LogP contribution in [0.15, 0.2) is 29.9 Å². The Kier molecular flexibility index (Phi) is 3.89. The number of rotatable bonds is 2. The van der Waals surface area contributed by atoms with Crippen molar-refractivity contribution in [1.29, 1.82) is 0 Å². The molecule has 0 radical (unpaired) electrons. The van der Waals surface area contributed by atoms with Gasteiger partial charge in [-0.25, -0.2) is 4.98 Å². The molecule has 8 heteroatoms. The molecule has 0 atom stereocenters. The highest BCUT2D eigenvalue weighted by molar-refractivity contribution is 7.15. The largest absolute Gasteiger partial charge is 0.353 e. The van der Waals surface area contributed by atoms with Gasteiger partial charge in [-0.3, -0.25) is 9.20 Å². The minimum absolute atomic E-state index is 0.00254. The number of nitrogens with zero attached hydrogens (tertiary/aromatic N) is 6. The van der Waals surface area contributed by atoms with E-state index in [1.807, 2.05) is 46.1 Å². The standard InChI is InChI=1S/C16H18N6OS/c1-12-3-4-14(19-18-12)20-5-2-6-21(8-7-20)15(23)13-11-22-9-10-24-16(22)17-13/h3-4,9-11H,2,5-8H2,1H3. The van der Waals surface area contributed by atoms with Crippen molar-refractivity contribution < 1.29 is 4.79 Å². The molecule has 0 saturated carbocycles. The van der Waals surface area contributed by atoms with Crippen LogP contribution in [0.4, 0.5) is 5.82 Å². The SMILES string of the molecule is Cc1ccc(N2CCCN(C(=O)c3cn4ccsc4n3)CC2)nn1. The molecule has 1 aliphatic heterocycles. The Balaban J connectivity index is 1.46. The van der Waals surface area contributed by atoms with Crippen molar-refractivity contribution in [2.24, 2.45) is 0 Å². The molecule has 0 N–H and O–H groups in total. The normalized spacial score (nSPS) is 15.7. The van der Waals surface area contributed by atoms with Gasteiger partial charge in [0.15, 0.2) is 10.8 Å². The van der Waals surface area contributed by atoms with Crippen LogP contribution in [0.3, 0.4) is 0 Å². The summed E-state index contributed by atoms with van der Waals surface area (Å²) < 4.78 is 1.89. The summed E-state index contributed by atoms with van der Waals surface area (Å²) in [5.74, 6) is 0.875. The Bertz CT molecular complexity index is 826. The van der Waals surface area contributed by atoms with Crippen molar-refractivity contribution >= 4 is 28.0 Å². The monoisotopic (exact) mass is 342 g/mol. The number of thiazole rings is 1. The van der Waals surface area contributed by atoms with Gasteiger partial charge in [0.25, 0.3) is 5.91 Å². The lowest BCUT2D eigenvalue weighted by Gasteiger charge is -2.22. The molecule has 0 aliphatic carbocycles. The molecule has 0 bridgehead atoms. The van der Waals surface area contributed by atoms with Gasteiger partial charge in [-0.15, -0.1) is 16.4 Å². The average molecular weight is 342 g/mol. The van der Waals surface area contributed by atoms with E-state index in [1.165, 1.54) is 11.3 Å². The molecular weight excluding hydrogens is 324 g/mol. The van der Waals surface area contributed by atoms with E-state index in [-0.39, 0.29) is 5.91 Å². The van der Waals surface area contributed by atoms with E-state index in [4.69, 9.17) is 0 Å². The maximum Gasteiger partial charge on any atom is 0.274 e. The first-order chi connectivity index (χ1) is 11.7. The zero-order chi connectivity index (χ0) is 16.5. The van der Waals surface area contributed by atoms with Gasteiger partial charge in [-0.2, -0.15) is 5.10 Å². The highest BCUT2D eigenvalue weighted by Gasteiger charge is 2.23. The number of fused-ring (bicyclic) bond motifs is 1. The van der Waals surface area contributed by atoms with Crippen molar-refractivity contribution in [1.82, 2.24) is 24.5 Å². The fourth-order valence-electron chi connectivity index (χ4n) is 2.90. The van der Waals surface area contributed by atoms with Crippen LogP contribution in [0.5, 0.6) is 0 Å². The molecule has 1 saturated heterocycles. The number of anilines is 1. The molecule has 7 nitrogen and oxygen atoms in total. The van der Waals surface area contributed by atoms with Gasteiger partial charge in [0.2, 0.25) is 0 Å². The van der Waals surface area contributed by atoms with Crippen LogP contribution in [-0.2, 0) is 0 Å². The van der Waals surface area contributed by atoms with Crippen LogP contribution in [0.25, 0.3) is 4.96 Å². The second-order valence-electron chi connectivity index (χ2n) is 5.88. The van der Waals surface area contributed by atoms with Gasteiger partial charge in [-0.05, 0) is 25.5 Å². The second-order valence-corrected chi connectivity index (χ2v) is 6.76. The van der Waals surface area contributed by atoms with Crippen LogP contribution in [0, 0.1) is 6.92 Å². The first-order valence-electron chi connectivity index (χ1n) is 7.97. The van der Waals surface area contributed by atoms with Gasteiger partial charge >= 0.3 is 0 Å². The zero-order valence-corrected chi connectivity index (χ0v) is 14.2. The van der Waals surface area contributed by atoms with Crippen molar-refractivity contribution in [3.05, 3.63) is 41.3 Å². The van der Waals surface area contributed by atoms with Crippen molar-refractivity contribution in [2.75, 3.05) is 31.1 Å². The maximum absolute atomic E-state index is 12.7. The number of imidazole rings is 1.